The monoisotopic (exact) mass is 101 g/mol. The molecule has 0 rings (SSSR count). The summed E-state index contributed by atoms with van der Waals surface area (Å²) in [5.41, 5.74) is 0. The van der Waals surface area contributed by atoms with Crippen LogP contribution in [0.5, 0.6) is 0 Å². The zero-order valence-corrected chi connectivity index (χ0v) is 5.30. The molecule has 1 nitrogen and oxygen atoms in total. The fourth-order valence-electron chi connectivity index (χ4n) is 0.158. The van der Waals surface area contributed by atoms with Gasteiger partial charge in [-0.05, 0) is 6.42 Å². The summed E-state index contributed by atoms with van der Waals surface area (Å²) < 4.78 is 0. The van der Waals surface area contributed by atoms with Gasteiger partial charge in [-0.1, -0.05) is 13.3 Å². The first-order valence-electron chi connectivity index (χ1n) is 2.02. The van der Waals surface area contributed by atoms with Gasteiger partial charge < -0.3 is 5.11 Å². The van der Waals surface area contributed by atoms with Gasteiger partial charge in [0.25, 0.3) is 0 Å². The molecular weight excluding hydrogens is 91.0 g/mol. The van der Waals surface area contributed by atoms with E-state index in [-0.39, 0.29) is 17.4 Å². The Morgan fingerprint density at radius 1 is 1.50 bits per heavy atom. The summed E-state index contributed by atoms with van der Waals surface area (Å²) >= 11 is 0. The van der Waals surface area contributed by atoms with Crippen molar-refractivity contribution in [1.82, 2.24) is 0 Å². The average molecular weight is 101 g/mol. The molecule has 0 saturated heterocycles. The molecule has 0 aliphatic carbocycles. The van der Waals surface area contributed by atoms with Gasteiger partial charge in [0.1, 0.15) is 0 Å². The van der Waals surface area contributed by atoms with Crippen LogP contribution in [0, 0.1) is 0 Å². The van der Waals surface area contributed by atoms with E-state index < -0.39 is 0 Å². The first-order valence-corrected chi connectivity index (χ1v) is 2.02. The van der Waals surface area contributed by atoms with Crippen molar-refractivity contribution in [1.29, 1.82) is 0 Å². The fourth-order valence-corrected chi connectivity index (χ4v) is 0.158. The van der Waals surface area contributed by atoms with E-state index in [0.29, 0.717) is 6.61 Å². The van der Waals surface area contributed by atoms with Gasteiger partial charge in [0, 0.05) is 6.61 Å². The number of hydrogen-bond donors (Lipinski definition) is 1. The average Bonchev–Trinajstić information content (AvgIpc) is 1.41. The summed E-state index contributed by atoms with van der Waals surface area (Å²) in [4.78, 5) is 0. The van der Waals surface area contributed by atoms with Gasteiger partial charge in [0.15, 0.2) is 0 Å². The van der Waals surface area contributed by atoms with Crippen LogP contribution in [0.25, 0.3) is 0 Å². The molecule has 0 amide bonds. The minimum absolute atomic E-state index is 0. The van der Waals surface area contributed by atoms with Gasteiger partial charge in [-0.25, -0.2) is 0 Å². The maximum Gasteiger partial charge on any atom is 3.00 e. The third kappa shape index (κ3) is 8.82. The van der Waals surface area contributed by atoms with Gasteiger partial charge in [-0.15, -0.1) is 0 Å². The Labute approximate surface area is 49.5 Å². The van der Waals surface area contributed by atoms with Crippen molar-refractivity contribution in [3.05, 3.63) is 0 Å². The number of unbranched alkanes of at least 4 members (excludes halogenated alkanes) is 1. The first-order chi connectivity index (χ1) is 2.41. The molecule has 0 heterocycles. The van der Waals surface area contributed by atoms with Crippen molar-refractivity contribution < 1.29 is 5.11 Å². The molecule has 0 atom stereocenters. The predicted octanol–water partition coefficient (Wildman–Crippen LogP) is 0.398. The van der Waals surface area contributed by atoms with Crippen LogP contribution in [0.4, 0.5) is 0 Å². The molecule has 0 aliphatic heterocycles. The molecule has 2 heteroatoms. The van der Waals surface area contributed by atoms with Crippen molar-refractivity contribution in [2.75, 3.05) is 6.61 Å². The van der Waals surface area contributed by atoms with E-state index >= 15 is 0 Å². The second-order valence-electron chi connectivity index (χ2n) is 1.08. The number of hydrogen-bond acceptors (Lipinski definition) is 1. The van der Waals surface area contributed by atoms with Gasteiger partial charge in [0.05, 0.1) is 0 Å². The molecule has 0 fully saturated rings. The van der Waals surface area contributed by atoms with Gasteiger partial charge in [0.2, 0.25) is 0 Å². The molecule has 0 bridgehead atoms. The standard InChI is InChI=1S/C4H10O.Al/c1-2-3-4-5;/h5H,2-4H2,1H3;/q;+3. The van der Waals surface area contributed by atoms with Crippen molar-refractivity contribution in [3.8, 4) is 0 Å². The Bertz CT molecular complexity index is 15.0. The number of aliphatic hydroxyl groups excluding tert-OH is 1. The van der Waals surface area contributed by atoms with Gasteiger partial charge in [-0.2, -0.15) is 0 Å². The second kappa shape index (κ2) is 9.09. The van der Waals surface area contributed by atoms with E-state index in [1.165, 1.54) is 0 Å². The molecule has 0 aromatic heterocycles. The summed E-state index contributed by atoms with van der Waals surface area (Å²) in [7, 11) is 0. The molecule has 6 heavy (non-hydrogen) atoms. The van der Waals surface area contributed by atoms with Crippen LogP contribution in [0.15, 0.2) is 0 Å². The van der Waals surface area contributed by atoms with Crippen LogP contribution in [0.2, 0.25) is 0 Å². The smallest absolute Gasteiger partial charge is 0.396 e. The summed E-state index contributed by atoms with van der Waals surface area (Å²) in [5.74, 6) is 0. The van der Waals surface area contributed by atoms with Crippen molar-refractivity contribution in [2.45, 2.75) is 19.8 Å². The maximum atomic E-state index is 8.07. The van der Waals surface area contributed by atoms with E-state index in [1.54, 1.807) is 0 Å². The molecule has 0 radical (unpaired) electrons. The summed E-state index contributed by atoms with van der Waals surface area (Å²) in [6.07, 6.45) is 2.04. The van der Waals surface area contributed by atoms with Crippen LogP contribution in [-0.4, -0.2) is 29.1 Å². The number of aliphatic hydroxyl groups is 1. The van der Waals surface area contributed by atoms with Gasteiger partial charge in [-0.3, -0.25) is 0 Å². The quantitative estimate of drug-likeness (QED) is 0.499. The fraction of sp³-hybridized carbons (Fsp3) is 1.00. The Morgan fingerprint density at radius 2 is 2.00 bits per heavy atom. The topological polar surface area (TPSA) is 20.2 Å². The Balaban J connectivity index is 0. The van der Waals surface area contributed by atoms with Crippen molar-refractivity contribution in [3.63, 3.8) is 0 Å². The second-order valence-corrected chi connectivity index (χ2v) is 1.08. The SMILES string of the molecule is CCCCO.[Al+3]. The van der Waals surface area contributed by atoms with E-state index in [4.69, 9.17) is 5.11 Å². The maximum absolute atomic E-state index is 8.07. The largest absolute Gasteiger partial charge is 3.00 e. The van der Waals surface area contributed by atoms with Crippen LogP contribution in [-0.2, 0) is 0 Å². The molecule has 0 spiro atoms. The predicted molar refractivity (Wildman–Crippen MR) is 27.7 cm³/mol. The molecule has 0 aliphatic rings. The van der Waals surface area contributed by atoms with Crippen LogP contribution in [0.3, 0.4) is 0 Å². The minimum Gasteiger partial charge on any atom is -0.396 e. The van der Waals surface area contributed by atoms with Crippen molar-refractivity contribution in [2.24, 2.45) is 0 Å². The third-order valence-corrected chi connectivity index (χ3v) is 0.512. The number of rotatable bonds is 2. The molecule has 1 N–H and O–H groups in total. The van der Waals surface area contributed by atoms with E-state index in [2.05, 4.69) is 6.92 Å². The summed E-state index contributed by atoms with van der Waals surface area (Å²) in [6, 6.07) is 0. The zero-order valence-electron chi connectivity index (χ0n) is 4.15. The molecule has 0 aromatic carbocycles. The van der Waals surface area contributed by atoms with Crippen LogP contribution < -0.4 is 0 Å². The van der Waals surface area contributed by atoms with Crippen LogP contribution >= 0.6 is 0 Å². The summed E-state index contributed by atoms with van der Waals surface area (Å²) in [5, 5.41) is 8.07. The minimum atomic E-state index is 0. The Kier molecular flexibility index (Phi) is 14.7. The normalized spacial score (nSPS) is 7.00. The first kappa shape index (κ1) is 9.70. The van der Waals surface area contributed by atoms with E-state index in [9.17, 15) is 0 Å². The molecule has 0 saturated carbocycles. The molecule has 0 aromatic rings. The van der Waals surface area contributed by atoms with Crippen LogP contribution in [0.1, 0.15) is 19.8 Å². The Morgan fingerprint density at radius 3 is 2.00 bits per heavy atom. The van der Waals surface area contributed by atoms with Crippen molar-refractivity contribution >= 4 is 17.4 Å². The third-order valence-electron chi connectivity index (χ3n) is 0.512. The van der Waals surface area contributed by atoms with E-state index in [1.807, 2.05) is 0 Å². The Hall–Kier alpha value is 0.492. The summed E-state index contributed by atoms with van der Waals surface area (Å²) in [6.45, 7) is 2.40. The zero-order chi connectivity index (χ0) is 4.12. The molecule has 0 unspecified atom stereocenters. The molecular formula is C4H10AlO+3. The van der Waals surface area contributed by atoms with Gasteiger partial charge >= 0.3 is 17.4 Å². The molecule has 32 valence electrons. The van der Waals surface area contributed by atoms with E-state index in [0.717, 1.165) is 12.8 Å².